The van der Waals surface area contributed by atoms with E-state index in [1.807, 2.05) is 0 Å². The van der Waals surface area contributed by atoms with Crippen LogP contribution in [0.4, 0.5) is 11.4 Å². The Labute approximate surface area is 144 Å². The van der Waals surface area contributed by atoms with E-state index in [-0.39, 0.29) is 29.9 Å². The van der Waals surface area contributed by atoms with Crippen LogP contribution in [-0.4, -0.2) is 22.8 Å². The number of aromatic hydroxyl groups is 1. The maximum atomic E-state index is 12.6. The highest BCUT2D eigenvalue weighted by Crippen LogP contribution is 2.28. The van der Waals surface area contributed by atoms with Gasteiger partial charge in [0.15, 0.2) is 0 Å². The smallest absolute Gasteiger partial charge is 0.261 e. The highest BCUT2D eigenvalue weighted by atomic mass is 16.3. The molecular formula is C19H16N2O4. The summed E-state index contributed by atoms with van der Waals surface area (Å²) in [6.45, 7) is 1.40. The van der Waals surface area contributed by atoms with E-state index in [9.17, 15) is 19.5 Å². The Morgan fingerprint density at radius 2 is 1.72 bits per heavy atom. The number of phenols is 1. The first-order valence-corrected chi connectivity index (χ1v) is 7.68. The average molecular weight is 336 g/mol. The van der Waals surface area contributed by atoms with Gasteiger partial charge in [-0.1, -0.05) is 12.1 Å². The molecule has 2 N–H and O–H groups in total. The lowest BCUT2D eigenvalue weighted by Gasteiger charge is -2.14. The van der Waals surface area contributed by atoms with Crippen molar-refractivity contribution in [1.29, 1.82) is 0 Å². The molecule has 0 radical (unpaired) electrons. The molecule has 0 aliphatic carbocycles. The lowest BCUT2D eigenvalue weighted by Crippen LogP contribution is -2.28. The molecule has 0 aromatic heterocycles. The summed E-state index contributed by atoms with van der Waals surface area (Å²) >= 11 is 0. The molecule has 1 aliphatic rings. The number of carbonyl (C=O) groups excluding carboxylic acids is 3. The second kappa shape index (κ2) is 6.60. The number of benzene rings is 2. The number of anilines is 2. The van der Waals surface area contributed by atoms with E-state index in [0.29, 0.717) is 16.9 Å². The van der Waals surface area contributed by atoms with Crippen molar-refractivity contribution in [3.05, 3.63) is 59.7 Å². The molecule has 2 aromatic carbocycles. The number of carbonyl (C=O) groups is 3. The first-order valence-electron chi connectivity index (χ1n) is 7.68. The molecule has 1 saturated heterocycles. The van der Waals surface area contributed by atoms with E-state index in [2.05, 4.69) is 5.32 Å². The van der Waals surface area contributed by atoms with Crippen molar-refractivity contribution in [2.75, 3.05) is 10.2 Å². The Morgan fingerprint density at radius 1 is 1.08 bits per heavy atom. The van der Waals surface area contributed by atoms with E-state index >= 15 is 0 Å². The van der Waals surface area contributed by atoms with E-state index < -0.39 is 0 Å². The normalized spacial score (nSPS) is 15.7. The number of phenolic OH excluding ortho intramolecular Hbond substituents is 1. The number of hydrogen-bond acceptors (Lipinski definition) is 4. The summed E-state index contributed by atoms with van der Waals surface area (Å²) in [4.78, 5) is 37.0. The number of amides is 3. The fourth-order valence-corrected chi connectivity index (χ4v) is 2.62. The zero-order chi connectivity index (χ0) is 18.0. The summed E-state index contributed by atoms with van der Waals surface area (Å²) < 4.78 is 0. The van der Waals surface area contributed by atoms with Gasteiger partial charge in [0, 0.05) is 18.2 Å². The van der Waals surface area contributed by atoms with Crippen LogP contribution in [0.25, 0.3) is 6.08 Å². The van der Waals surface area contributed by atoms with Crippen LogP contribution in [0.3, 0.4) is 0 Å². The van der Waals surface area contributed by atoms with Gasteiger partial charge >= 0.3 is 0 Å². The van der Waals surface area contributed by atoms with Gasteiger partial charge in [0.2, 0.25) is 11.8 Å². The second-order valence-electron chi connectivity index (χ2n) is 5.70. The molecule has 6 heteroatoms. The van der Waals surface area contributed by atoms with Crippen LogP contribution in [0.15, 0.2) is 54.1 Å². The molecule has 0 spiro atoms. The van der Waals surface area contributed by atoms with Gasteiger partial charge in [0.05, 0.1) is 12.1 Å². The first-order chi connectivity index (χ1) is 11.9. The molecule has 1 fully saturated rings. The Bertz CT molecular complexity index is 867. The van der Waals surface area contributed by atoms with Crippen molar-refractivity contribution in [1.82, 2.24) is 0 Å². The summed E-state index contributed by atoms with van der Waals surface area (Å²) in [5, 5.41) is 11.9. The van der Waals surface area contributed by atoms with Crippen molar-refractivity contribution in [2.45, 2.75) is 13.3 Å². The van der Waals surface area contributed by atoms with Crippen LogP contribution in [0, 0.1) is 0 Å². The molecule has 2 aromatic rings. The minimum atomic E-state index is -0.370. The predicted octanol–water partition coefficient (Wildman–Crippen LogP) is 2.70. The molecule has 0 saturated carbocycles. The third-order valence-electron chi connectivity index (χ3n) is 3.75. The standard InChI is InChI=1S/C19H16N2O4/c1-12(22)20-15-4-6-16(7-5-15)21-18(24)11-14(19(21)25)10-13-2-8-17(23)9-3-13/h2-10,23H,11H2,1H3,(H,20,22). The van der Waals surface area contributed by atoms with Crippen molar-refractivity contribution in [2.24, 2.45) is 0 Å². The summed E-state index contributed by atoms with van der Waals surface area (Å²) in [6, 6.07) is 12.9. The van der Waals surface area contributed by atoms with Crippen LogP contribution in [0.2, 0.25) is 0 Å². The van der Waals surface area contributed by atoms with E-state index in [4.69, 9.17) is 0 Å². The summed E-state index contributed by atoms with van der Waals surface area (Å²) in [5.41, 5.74) is 2.17. The third kappa shape index (κ3) is 3.58. The van der Waals surface area contributed by atoms with Crippen LogP contribution in [-0.2, 0) is 14.4 Å². The van der Waals surface area contributed by atoms with Gasteiger partial charge in [-0.05, 0) is 48.0 Å². The van der Waals surface area contributed by atoms with E-state index in [1.165, 1.54) is 19.1 Å². The van der Waals surface area contributed by atoms with Gasteiger partial charge in [-0.2, -0.15) is 0 Å². The second-order valence-corrected chi connectivity index (χ2v) is 5.70. The van der Waals surface area contributed by atoms with Crippen molar-refractivity contribution < 1.29 is 19.5 Å². The molecule has 0 unspecified atom stereocenters. The Hall–Kier alpha value is -3.41. The van der Waals surface area contributed by atoms with Crippen LogP contribution >= 0.6 is 0 Å². The van der Waals surface area contributed by atoms with Gasteiger partial charge < -0.3 is 10.4 Å². The maximum absolute atomic E-state index is 12.6. The largest absolute Gasteiger partial charge is 0.508 e. The van der Waals surface area contributed by atoms with Crippen LogP contribution in [0.1, 0.15) is 18.9 Å². The SMILES string of the molecule is CC(=O)Nc1ccc(N2C(=O)CC(=Cc3ccc(O)cc3)C2=O)cc1. The number of rotatable bonds is 3. The number of nitrogens with one attached hydrogen (secondary N) is 1. The zero-order valence-electron chi connectivity index (χ0n) is 13.5. The fourth-order valence-electron chi connectivity index (χ4n) is 2.62. The molecule has 6 nitrogen and oxygen atoms in total. The minimum absolute atomic E-state index is 0.0210. The highest BCUT2D eigenvalue weighted by Gasteiger charge is 2.34. The van der Waals surface area contributed by atoms with Crippen molar-refractivity contribution in [3.8, 4) is 5.75 Å². The number of nitrogens with zero attached hydrogens (tertiary/aromatic N) is 1. The molecule has 1 aliphatic heterocycles. The third-order valence-corrected chi connectivity index (χ3v) is 3.75. The van der Waals surface area contributed by atoms with Crippen LogP contribution < -0.4 is 10.2 Å². The van der Waals surface area contributed by atoms with Gasteiger partial charge in [0.25, 0.3) is 5.91 Å². The molecular weight excluding hydrogens is 320 g/mol. The van der Waals surface area contributed by atoms with Gasteiger partial charge in [-0.15, -0.1) is 0 Å². The molecule has 0 bridgehead atoms. The molecule has 0 atom stereocenters. The quantitative estimate of drug-likeness (QED) is 0.666. The predicted molar refractivity (Wildman–Crippen MR) is 93.9 cm³/mol. The highest BCUT2D eigenvalue weighted by molar-refractivity contribution is 6.29. The lowest BCUT2D eigenvalue weighted by atomic mass is 10.1. The zero-order valence-corrected chi connectivity index (χ0v) is 13.5. The van der Waals surface area contributed by atoms with Crippen molar-refractivity contribution >= 4 is 35.2 Å². The van der Waals surface area contributed by atoms with Gasteiger partial charge in [-0.25, -0.2) is 4.90 Å². The van der Waals surface area contributed by atoms with Gasteiger partial charge in [-0.3, -0.25) is 14.4 Å². The summed E-state index contributed by atoms with van der Waals surface area (Å²) in [6.07, 6.45) is 1.67. The number of hydrogen-bond donors (Lipinski definition) is 2. The van der Waals surface area contributed by atoms with Gasteiger partial charge in [0.1, 0.15) is 5.75 Å². The van der Waals surface area contributed by atoms with Crippen LogP contribution in [0.5, 0.6) is 5.75 Å². The molecule has 25 heavy (non-hydrogen) atoms. The average Bonchev–Trinajstić information content (AvgIpc) is 2.84. The Balaban J connectivity index is 1.83. The van der Waals surface area contributed by atoms with E-state index in [0.717, 1.165) is 10.5 Å². The molecule has 3 amide bonds. The fraction of sp³-hybridized carbons (Fsp3) is 0.105. The molecule has 1 heterocycles. The maximum Gasteiger partial charge on any atom is 0.261 e. The summed E-state index contributed by atoms with van der Waals surface area (Å²) in [7, 11) is 0. The molecule has 126 valence electrons. The topological polar surface area (TPSA) is 86.7 Å². The first kappa shape index (κ1) is 16.4. The monoisotopic (exact) mass is 336 g/mol. The van der Waals surface area contributed by atoms with Crippen molar-refractivity contribution in [3.63, 3.8) is 0 Å². The molecule has 3 rings (SSSR count). The lowest BCUT2D eigenvalue weighted by molar-refractivity contribution is -0.120. The summed E-state index contributed by atoms with van der Waals surface area (Å²) in [5.74, 6) is -0.732. The number of imide groups is 1. The van der Waals surface area contributed by atoms with E-state index in [1.54, 1.807) is 42.5 Å². The Morgan fingerprint density at radius 3 is 2.32 bits per heavy atom. The Kier molecular flexibility index (Phi) is 4.35. The minimum Gasteiger partial charge on any atom is -0.508 e.